The number of hydrogen-bond donors (Lipinski definition) is 1. The highest BCUT2D eigenvalue weighted by molar-refractivity contribution is 7.92. The molecule has 3 aromatic carbocycles. The Morgan fingerprint density at radius 2 is 1.55 bits per heavy atom. The molecule has 7 nitrogen and oxygen atoms in total. The highest BCUT2D eigenvalue weighted by atomic mass is 32.2. The number of sulfonamides is 1. The molecule has 38 heavy (non-hydrogen) atoms. The first-order chi connectivity index (χ1) is 18.0. The van der Waals surface area contributed by atoms with Crippen molar-refractivity contribution in [3.05, 3.63) is 101 Å². The second kappa shape index (κ2) is 12.6. The number of halogens is 3. The topological polar surface area (TPSA) is 86.8 Å². The maximum absolute atomic E-state index is 14.6. The molecule has 0 saturated carbocycles. The molecule has 0 fully saturated rings. The quantitative estimate of drug-likeness (QED) is 0.397. The molecule has 3 aromatic rings. The molecule has 0 aliphatic rings. The Hall–Kier alpha value is -3.86. The summed E-state index contributed by atoms with van der Waals surface area (Å²) in [4.78, 5) is 28.0. The summed E-state index contributed by atoms with van der Waals surface area (Å²) in [5, 5.41) is 2.68. The molecule has 0 heterocycles. The van der Waals surface area contributed by atoms with E-state index in [4.69, 9.17) is 0 Å². The maximum atomic E-state index is 14.6. The van der Waals surface area contributed by atoms with Crippen molar-refractivity contribution in [1.29, 1.82) is 0 Å². The van der Waals surface area contributed by atoms with E-state index in [1.54, 1.807) is 43.3 Å². The molecule has 11 heteroatoms. The normalized spacial score (nSPS) is 12.0. The largest absolute Gasteiger partial charge is 0.355 e. The Morgan fingerprint density at radius 3 is 2.16 bits per heavy atom. The van der Waals surface area contributed by atoms with Gasteiger partial charge in [0.1, 0.15) is 18.4 Å². The molecule has 2 amide bonds. The lowest BCUT2D eigenvalue weighted by atomic mass is 10.0. The van der Waals surface area contributed by atoms with Gasteiger partial charge in [0.2, 0.25) is 21.8 Å². The van der Waals surface area contributed by atoms with Crippen LogP contribution in [0.15, 0.2) is 72.8 Å². The Bertz CT molecular complexity index is 1390. The standard InChI is InChI=1S/C27H28F3N3O4S/c1-3-31-27(35)25(15-19-9-5-4-6-10-19)32(17-20-11-7-8-12-22(20)28)26(34)18-33(38(2,36)37)21-13-14-23(29)24(30)16-21/h4-14,16,25H,3,15,17-18H2,1-2H3,(H,31,35)/t25-/m0/s1. The molecule has 0 aliphatic carbocycles. The molecule has 3 rings (SSSR count). The van der Waals surface area contributed by atoms with Crippen molar-refractivity contribution in [3.63, 3.8) is 0 Å². The fourth-order valence-electron chi connectivity index (χ4n) is 3.91. The minimum absolute atomic E-state index is 0.0664. The summed E-state index contributed by atoms with van der Waals surface area (Å²) in [7, 11) is -4.15. The molecule has 0 radical (unpaired) electrons. The lowest BCUT2D eigenvalue weighted by Gasteiger charge is -2.33. The van der Waals surface area contributed by atoms with Crippen molar-refractivity contribution in [2.75, 3.05) is 23.7 Å². The van der Waals surface area contributed by atoms with E-state index in [2.05, 4.69) is 5.32 Å². The van der Waals surface area contributed by atoms with Gasteiger partial charge in [0.25, 0.3) is 0 Å². The van der Waals surface area contributed by atoms with E-state index in [1.807, 2.05) is 0 Å². The van der Waals surface area contributed by atoms with E-state index in [0.29, 0.717) is 10.4 Å². The summed E-state index contributed by atoms with van der Waals surface area (Å²) >= 11 is 0. The number of hydrogen-bond acceptors (Lipinski definition) is 4. The molecule has 0 aliphatic heterocycles. The molecule has 202 valence electrons. The first kappa shape index (κ1) is 28.7. The van der Waals surface area contributed by atoms with Crippen molar-refractivity contribution >= 4 is 27.5 Å². The zero-order valence-electron chi connectivity index (χ0n) is 20.9. The van der Waals surface area contributed by atoms with Gasteiger partial charge in [-0.2, -0.15) is 0 Å². The third kappa shape index (κ3) is 7.34. The average Bonchev–Trinajstić information content (AvgIpc) is 2.87. The van der Waals surface area contributed by atoms with Crippen molar-refractivity contribution in [1.82, 2.24) is 10.2 Å². The van der Waals surface area contributed by atoms with Crippen molar-refractivity contribution in [2.45, 2.75) is 25.9 Å². The lowest BCUT2D eigenvalue weighted by molar-refractivity contribution is -0.140. The number of anilines is 1. The van der Waals surface area contributed by atoms with Gasteiger partial charge < -0.3 is 10.2 Å². The third-order valence-electron chi connectivity index (χ3n) is 5.79. The van der Waals surface area contributed by atoms with Gasteiger partial charge in [0.15, 0.2) is 11.6 Å². The minimum Gasteiger partial charge on any atom is -0.355 e. The highest BCUT2D eigenvalue weighted by Gasteiger charge is 2.33. The summed E-state index contributed by atoms with van der Waals surface area (Å²) < 4.78 is 67.9. The number of carbonyl (C=O) groups excluding carboxylic acids is 2. The van der Waals surface area contributed by atoms with Crippen LogP contribution in [0, 0.1) is 17.5 Å². The second-order valence-corrected chi connectivity index (χ2v) is 10.5. The Balaban J connectivity index is 2.06. The van der Waals surface area contributed by atoms with Gasteiger partial charge in [-0.15, -0.1) is 0 Å². The van der Waals surface area contributed by atoms with Crippen LogP contribution < -0.4 is 9.62 Å². The summed E-state index contributed by atoms with van der Waals surface area (Å²) in [5.41, 5.74) is 0.556. The second-order valence-electron chi connectivity index (χ2n) is 8.58. The minimum atomic E-state index is -4.15. The Labute approximate surface area is 219 Å². The summed E-state index contributed by atoms with van der Waals surface area (Å²) in [6.45, 7) is 0.795. The molecular formula is C27H28F3N3O4S. The van der Waals surface area contributed by atoms with E-state index in [9.17, 15) is 31.2 Å². The molecular weight excluding hydrogens is 519 g/mol. The van der Waals surface area contributed by atoms with Crippen LogP contribution in [0.25, 0.3) is 0 Å². The summed E-state index contributed by atoms with van der Waals surface area (Å²) in [5.74, 6) is -4.44. The van der Waals surface area contributed by atoms with Crippen LogP contribution in [0.3, 0.4) is 0 Å². The fourth-order valence-corrected chi connectivity index (χ4v) is 4.75. The number of amides is 2. The van der Waals surface area contributed by atoms with Gasteiger partial charge in [0.05, 0.1) is 11.9 Å². The zero-order chi connectivity index (χ0) is 27.9. The van der Waals surface area contributed by atoms with E-state index in [1.165, 1.54) is 18.2 Å². The summed E-state index contributed by atoms with van der Waals surface area (Å²) in [6.07, 6.45) is 0.880. The van der Waals surface area contributed by atoms with Gasteiger partial charge in [-0.05, 0) is 30.7 Å². The first-order valence-electron chi connectivity index (χ1n) is 11.8. The van der Waals surface area contributed by atoms with E-state index in [-0.39, 0.29) is 30.8 Å². The van der Waals surface area contributed by atoms with Gasteiger partial charge in [-0.1, -0.05) is 48.5 Å². The summed E-state index contributed by atoms with van der Waals surface area (Å²) in [6, 6.07) is 15.9. The monoisotopic (exact) mass is 547 g/mol. The molecule has 1 N–H and O–H groups in total. The number of nitrogens with zero attached hydrogens (tertiary/aromatic N) is 2. The number of carbonyl (C=O) groups is 2. The number of nitrogens with one attached hydrogen (secondary N) is 1. The van der Waals surface area contributed by atoms with E-state index >= 15 is 0 Å². The van der Waals surface area contributed by atoms with Gasteiger partial charge in [0, 0.05) is 31.1 Å². The molecule has 0 unspecified atom stereocenters. The molecule has 0 saturated heterocycles. The lowest BCUT2D eigenvalue weighted by Crippen LogP contribution is -2.53. The molecule has 0 bridgehead atoms. The van der Waals surface area contributed by atoms with Crippen LogP contribution in [0.5, 0.6) is 0 Å². The van der Waals surface area contributed by atoms with Crippen molar-refractivity contribution < 1.29 is 31.2 Å². The molecule has 1 atom stereocenters. The van der Waals surface area contributed by atoms with Gasteiger partial charge in [-0.25, -0.2) is 21.6 Å². The Kier molecular flexibility index (Phi) is 9.51. The van der Waals surface area contributed by atoms with Crippen molar-refractivity contribution in [3.8, 4) is 0 Å². The smallest absolute Gasteiger partial charge is 0.244 e. The number of likely N-dealkylation sites (N-methyl/N-ethyl adjacent to an activating group) is 1. The van der Waals surface area contributed by atoms with Crippen LogP contribution >= 0.6 is 0 Å². The van der Waals surface area contributed by atoms with Crippen molar-refractivity contribution in [2.24, 2.45) is 0 Å². The maximum Gasteiger partial charge on any atom is 0.244 e. The predicted octanol–water partition coefficient (Wildman–Crippen LogP) is 3.65. The average molecular weight is 548 g/mol. The number of rotatable bonds is 11. The predicted molar refractivity (Wildman–Crippen MR) is 138 cm³/mol. The highest BCUT2D eigenvalue weighted by Crippen LogP contribution is 2.23. The van der Waals surface area contributed by atoms with Crippen LogP contribution in [0.2, 0.25) is 0 Å². The van der Waals surface area contributed by atoms with Gasteiger partial charge in [-0.3, -0.25) is 13.9 Å². The van der Waals surface area contributed by atoms with Crippen LogP contribution in [0.1, 0.15) is 18.1 Å². The fraction of sp³-hybridized carbons (Fsp3) is 0.259. The SMILES string of the molecule is CCNC(=O)[C@H](Cc1ccccc1)N(Cc1ccccc1F)C(=O)CN(c1ccc(F)c(F)c1)S(C)(=O)=O. The Morgan fingerprint density at radius 1 is 0.895 bits per heavy atom. The molecule has 0 aromatic heterocycles. The van der Waals surface area contributed by atoms with E-state index in [0.717, 1.165) is 28.9 Å². The molecule has 0 spiro atoms. The number of benzene rings is 3. The third-order valence-corrected chi connectivity index (χ3v) is 6.93. The zero-order valence-corrected chi connectivity index (χ0v) is 21.7. The first-order valence-corrected chi connectivity index (χ1v) is 13.6. The van der Waals surface area contributed by atoms with Gasteiger partial charge >= 0.3 is 0 Å². The van der Waals surface area contributed by atoms with Crippen LogP contribution in [0.4, 0.5) is 18.9 Å². The van der Waals surface area contributed by atoms with Crippen LogP contribution in [-0.2, 0) is 32.6 Å². The van der Waals surface area contributed by atoms with E-state index < -0.39 is 51.9 Å². The van der Waals surface area contributed by atoms with Crippen LogP contribution in [-0.4, -0.2) is 50.5 Å².